The van der Waals surface area contributed by atoms with Crippen LogP contribution in [0, 0.1) is 11.3 Å². The average Bonchev–Trinajstić information content (AvgIpc) is 2.49. The Bertz CT molecular complexity index is 752. The number of rotatable bonds is 2. The quantitative estimate of drug-likeness (QED) is 0.882. The van der Waals surface area contributed by atoms with Crippen LogP contribution in [0.25, 0.3) is 0 Å². The Hall–Kier alpha value is -3.07. The maximum absolute atomic E-state index is 11.6. The first-order valence-corrected chi connectivity index (χ1v) is 6.41. The van der Waals surface area contributed by atoms with Gasteiger partial charge in [-0.05, 0) is 37.3 Å². The molecule has 1 atom stereocenters. The van der Waals surface area contributed by atoms with Crippen LogP contribution in [0.15, 0.2) is 36.4 Å². The molecule has 0 saturated carbocycles. The molecule has 6 heteroatoms. The summed E-state index contributed by atoms with van der Waals surface area (Å²) in [6, 6.07) is 12.5. The SMILES string of the molecule is CC1Oc2ccc(Nc3cccc(C#N)n3)cc2NC1=O. The smallest absolute Gasteiger partial charge is 0.265 e. The van der Waals surface area contributed by atoms with Crippen molar-refractivity contribution < 1.29 is 9.53 Å². The first-order valence-electron chi connectivity index (χ1n) is 6.41. The summed E-state index contributed by atoms with van der Waals surface area (Å²) in [5, 5.41) is 14.7. The van der Waals surface area contributed by atoms with E-state index in [0.29, 0.717) is 22.9 Å². The summed E-state index contributed by atoms with van der Waals surface area (Å²) in [5.41, 5.74) is 1.69. The van der Waals surface area contributed by atoms with Crippen LogP contribution in [0.2, 0.25) is 0 Å². The van der Waals surface area contributed by atoms with E-state index in [1.54, 1.807) is 37.3 Å². The normalized spacial score (nSPS) is 16.2. The fourth-order valence-corrected chi connectivity index (χ4v) is 2.00. The molecule has 0 radical (unpaired) electrons. The number of nitrogens with zero attached hydrogens (tertiary/aromatic N) is 2. The van der Waals surface area contributed by atoms with Crippen molar-refractivity contribution in [3.8, 4) is 11.8 Å². The standard InChI is InChI=1S/C15H12N4O2/c1-9-15(20)19-12-7-10(5-6-13(12)21-9)17-14-4-2-3-11(8-16)18-14/h2-7,9H,1H3,(H,17,18)(H,19,20). The van der Waals surface area contributed by atoms with Gasteiger partial charge in [0.15, 0.2) is 6.10 Å². The molecule has 3 rings (SSSR count). The molecule has 21 heavy (non-hydrogen) atoms. The summed E-state index contributed by atoms with van der Waals surface area (Å²) in [5.74, 6) is 1.01. The van der Waals surface area contributed by atoms with Crippen molar-refractivity contribution >= 4 is 23.1 Å². The Balaban J connectivity index is 1.86. The monoisotopic (exact) mass is 280 g/mol. The van der Waals surface area contributed by atoms with Crippen LogP contribution >= 0.6 is 0 Å². The van der Waals surface area contributed by atoms with E-state index in [1.807, 2.05) is 12.1 Å². The number of pyridine rings is 1. The summed E-state index contributed by atoms with van der Waals surface area (Å²) < 4.78 is 5.49. The molecule has 2 heterocycles. The lowest BCUT2D eigenvalue weighted by Gasteiger charge is -2.23. The van der Waals surface area contributed by atoms with Crippen molar-refractivity contribution in [2.75, 3.05) is 10.6 Å². The number of benzene rings is 1. The van der Waals surface area contributed by atoms with Crippen molar-refractivity contribution in [1.82, 2.24) is 4.98 Å². The number of amides is 1. The molecule has 0 spiro atoms. The van der Waals surface area contributed by atoms with Crippen molar-refractivity contribution in [3.05, 3.63) is 42.1 Å². The Morgan fingerprint density at radius 1 is 1.38 bits per heavy atom. The Kier molecular flexibility index (Phi) is 3.16. The van der Waals surface area contributed by atoms with Gasteiger partial charge in [0.2, 0.25) is 0 Å². The molecule has 1 aliphatic heterocycles. The summed E-state index contributed by atoms with van der Waals surface area (Å²) in [6.45, 7) is 1.70. The van der Waals surface area contributed by atoms with Crippen molar-refractivity contribution in [2.24, 2.45) is 0 Å². The van der Waals surface area contributed by atoms with E-state index < -0.39 is 6.10 Å². The summed E-state index contributed by atoms with van der Waals surface area (Å²) >= 11 is 0. The molecule has 1 aromatic heterocycles. The topological polar surface area (TPSA) is 87.0 Å². The van der Waals surface area contributed by atoms with Crippen molar-refractivity contribution in [2.45, 2.75) is 13.0 Å². The fourth-order valence-electron chi connectivity index (χ4n) is 2.00. The van der Waals surface area contributed by atoms with Crippen LogP contribution < -0.4 is 15.4 Å². The third-order valence-electron chi connectivity index (χ3n) is 3.05. The van der Waals surface area contributed by atoms with Gasteiger partial charge in [0.25, 0.3) is 5.91 Å². The van der Waals surface area contributed by atoms with Gasteiger partial charge in [0.05, 0.1) is 5.69 Å². The van der Waals surface area contributed by atoms with Gasteiger partial charge in [0, 0.05) is 5.69 Å². The van der Waals surface area contributed by atoms with Crippen molar-refractivity contribution in [1.29, 1.82) is 5.26 Å². The lowest BCUT2D eigenvalue weighted by Crippen LogP contribution is -2.34. The highest BCUT2D eigenvalue weighted by Crippen LogP contribution is 2.32. The van der Waals surface area contributed by atoms with Crippen LogP contribution in [0.1, 0.15) is 12.6 Å². The summed E-state index contributed by atoms with van der Waals surface area (Å²) in [6.07, 6.45) is -0.495. The highest BCUT2D eigenvalue weighted by Gasteiger charge is 2.23. The van der Waals surface area contributed by atoms with Crippen LogP contribution in [0.4, 0.5) is 17.2 Å². The Morgan fingerprint density at radius 3 is 3.05 bits per heavy atom. The van der Waals surface area contributed by atoms with E-state index in [1.165, 1.54) is 0 Å². The number of nitriles is 1. The van der Waals surface area contributed by atoms with Gasteiger partial charge in [-0.3, -0.25) is 4.79 Å². The first kappa shape index (κ1) is 12.9. The van der Waals surface area contributed by atoms with Gasteiger partial charge >= 0.3 is 0 Å². The molecule has 1 aliphatic rings. The third-order valence-corrected chi connectivity index (χ3v) is 3.05. The predicted molar refractivity (Wildman–Crippen MR) is 77.4 cm³/mol. The van der Waals surface area contributed by atoms with Gasteiger partial charge in [-0.25, -0.2) is 4.98 Å². The van der Waals surface area contributed by atoms with E-state index in [2.05, 4.69) is 15.6 Å². The minimum atomic E-state index is -0.495. The second kappa shape index (κ2) is 5.13. The molecule has 6 nitrogen and oxygen atoms in total. The van der Waals surface area contributed by atoms with E-state index in [4.69, 9.17) is 10.00 Å². The zero-order valence-electron chi connectivity index (χ0n) is 11.3. The molecule has 2 aromatic rings. The van der Waals surface area contributed by atoms with Crippen LogP contribution in [-0.4, -0.2) is 17.0 Å². The predicted octanol–water partition coefficient (Wildman–Crippen LogP) is 2.42. The van der Waals surface area contributed by atoms with Crippen molar-refractivity contribution in [3.63, 3.8) is 0 Å². The molecular formula is C15H12N4O2. The molecule has 1 aromatic carbocycles. The highest BCUT2D eigenvalue weighted by atomic mass is 16.5. The minimum Gasteiger partial charge on any atom is -0.479 e. The lowest BCUT2D eigenvalue weighted by molar-refractivity contribution is -0.122. The molecule has 0 fully saturated rings. The van der Waals surface area contributed by atoms with E-state index in [-0.39, 0.29) is 5.91 Å². The summed E-state index contributed by atoms with van der Waals surface area (Å²) in [4.78, 5) is 15.7. The summed E-state index contributed by atoms with van der Waals surface area (Å²) in [7, 11) is 0. The van der Waals surface area contributed by atoms with Crippen LogP contribution in [0.3, 0.4) is 0 Å². The van der Waals surface area contributed by atoms with Gasteiger partial charge in [0.1, 0.15) is 23.3 Å². The minimum absolute atomic E-state index is 0.177. The van der Waals surface area contributed by atoms with Gasteiger partial charge in [-0.15, -0.1) is 0 Å². The van der Waals surface area contributed by atoms with E-state index >= 15 is 0 Å². The number of carbonyl (C=O) groups is 1. The lowest BCUT2D eigenvalue weighted by atomic mass is 10.2. The highest BCUT2D eigenvalue weighted by molar-refractivity contribution is 5.98. The first-order chi connectivity index (χ1) is 10.2. The van der Waals surface area contributed by atoms with Gasteiger partial charge in [-0.1, -0.05) is 6.07 Å². The molecule has 2 N–H and O–H groups in total. The molecular weight excluding hydrogens is 268 g/mol. The zero-order valence-corrected chi connectivity index (χ0v) is 11.3. The van der Waals surface area contributed by atoms with E-state index in [9.17, 15) is 4.79 Å². The van der Waals surface area contributed by atoms with Crippen LogP contribution in [0.5, 0.6) is 5.75 Å². The van der Waals surface area contributed by atoms with E-state index in [0.717, 1.165) is 5.69 Å². The average molecular weight is 280 g/mol. The maximum Gasteiger partial charge on any atom is 0.265 e. The van der Waals surface area contributed by atoms with Crippen LogP contribution in [-0.2, 0) is 4.79 Å². The molecule has 1 amide bonds. The number of hydrogen-bond donors (Lipinski definition) is 2. The largest absolute Gasteiger partial charge is 0.479 e. The zero-order chi connectivity index (χ0) is 14.8. The number of anilines is 3. The number of aromatic nitrogens is 1. The maximum atomic E-state index is 11.6. The number of carbonyl (C=O) groups excluding carboxylic acids is 1. The molecule has 0 bridgehead atoms. The molecule has 0 saturated heterocycles. The molecule has 1 unspecified atom stereocenters. The number of fused-ring (bicyclic) bond motifs is 1. The second-order valence-corrected chi connectivity index (χ2v) is 4.61. The van der Waals surface area contributed by atoms with Gasteiger partial charge in [-0.2, -0.15) is 5.26 Å². The van der Waals surface area contributed by atoms with Gasteiger partial charge < -0.3 is 15.4 Å². The third kappa shape index (κ3) is 2.62. The molecule has 104 valence electrons. The second-order valence-electron chi connectivity index (χ2n) is 4.61. The Morgan fingerprint density at radius 2 is 2.24 bits per heavy atom. The fraction of sp³-hybridized carbons (Fsp3) is 0.133. The molecule has 0 aliphatic carbocycles. The Labute approximate surface area is 121 Å². The number of nitrogens with one attached hydrogen (secondary N) is 2. The number of hydrogen-bond acceptors (Lipinski definition) is 5. The number of ether oxygens (including phenoxy) is 1.